The smallest absolute Gasteiger partial charge is 0.326 e. The summed E-state index contributed by atoms with van der Waals surface area (Å²) in [6, 6.07) is 4.52. The molecular weight excluding hydrogens is 458 g/mol. The van der Waals surface area contributed by atoms with Gasteiger partial charge in [0.15, 0.2) is 0 Å². The third-order valence-electron chi connectivity index (χ3n) is 5.94. The second-order valence-electron chi connectivity index (χ2n) is 9.06. The van der Waals surface area contributed by atoms with Crippen LogP contribution in [0.4, 0.5) is 0 Å². The molecule has 0 bridgehead atoms. The van der Waals surface area contributed by atoms with Crippen molar-refractivity contribution in [2.24, 2.45) is 5.92 Å². The molecule has 3 N–H and O–H groups in total. The van der Waals surface area contributed by atoms with Crippen molar-refractivity contribution < 1.29 is 19.5 Å². The lowest BCUT2D eigenvalue weighted by molar-refractivity contribution is -0.143. The van der Waals surface area contributed by atoms with E-state index in [0.717, 1.165) is 24.1 Å². The first-order valence-corrected chi connectivity index (χ1v) is 12.7. The van der Waals surface area contributed by atoms with Gasteiger partial charge in [-0.2, -0.15) is 24.0 Å². The number of hydrogen-bond acceptors (Lipinski definition) is 6. The summed E-state index contributed by atoms with van der Waals surface area (Å²) in [6.45, 7) is 4.02. The van der Waals surface area contributed by atoms with Gasteiger partial charge in [-0.3, -0.25) is 14.6 Å². The molecule has 2 amide bonds. The van der Waals surface area contributed by atoms with Gasteiger partial charge in [-0.25, -0.2) is 4.79 Å². The number of thiol groups is 1. The van der Waals surface area contributed by atoms with Crippen LogP contribution in [0, 0.1) is 5.92 Å². The predicted octanol–water partition coefficient (Wildman–Crippen LogP) is 3.70. The first kappa shape index (κ1) is 25.2. The second-order valence-corrected chi connectivity index (χ2v) is 10.5. The molecule has 33 heavy (non-hydrogen) atoms. The van der Waals surface area contributed by atoms with Crippen LogP contribution in [0.1, 0.15) is 51.5 Å². The van der Waals surface area contributed by atoms with Crippen molar-refractivity contribution in [2.45, 2.75) is 69.2 Å². The van der Waals surface area contributed by atoms with Crippen LogP contribution in [-0.4, -0.2) is 44.7 Å². The first-order valence-electron chi connectivity index (χ1n) is 11.2. The molecule has 0 spiro atoms. The van der Waals surface area contributed by atoms with Crippen LogP contribution in [-0.2, 0) is 20.8 Å². The highest BCUT2D eigenvalue weighted by atomic mass is 32.1. The molecule has 0 aliphatic heterocycles. The third-order valence-corrected chi connectivity index (χ3v) is 7.07. The number of carbonyl (C=O) groups is 3. The summed E-state index contributed by atoms with van der Waals surface area (Å²) < 4.78 is 0. The Morgan fingerprint density at radius 2 is 1.94 bits per heavy atom. The number of nitrogens with one attached hydrogen (secondary N) is 2. The molecule has 0 saturated heterocycles. The fourth-order valence-corrected chi connectivity index (χ4v) is 5.25. The number of thiophene rings is 1. The average Bonchev–Trinajstić information content (AvgIpc) is 3.46. The molecule has 7 nitrogen and oxygen atoms in total. The van der Waals surface area contributed by atoms with Gasteiger partial charge in [0.1, 0.15) is 11.6 Å². The van der Waals surface area contributed by atoms with E-state index in [4.69, 9.17) is 0 Å². The number of carbonyl (C=O) groups excluding carboxylic acids is 2. The number of aliphatic carboxylic acids is 1. The Balaban J connectivity index is 1.68. The van der Waals surface area contributed by atoms with E-state index in [1.807, 2.05) is 42.8 Å². The van der Waals surface area contributed by atoms with Gasteiger partial charge in [-0.1, -0.05) is 32.8 Å². The first-order chi connectivity index (χ1) is 15.7. The number of pyridine rings is 1. The Labute approximate surface area is 203 Å². The van der Waals surface area contributed by atoms with Crippen LogP contribution in [0.5, 0.6) is 0 Å². The largest absolute Gasteiger partial charge is 0.480 e. The van der Waals surface area contributed by atoms with Crippen molar-refractivity contribution in [3.8, 4) is 11.3 Å². The van der Waals surface area contributed by atoms with E-state index < -0.39 is 28.7 Å². The van der Waals surface area contributed by atoms with Crippen LogP contribution in [0.3, 0.4) is 0 Å². The Morgan fingerprint density at radius 3 is 2.48 bits per heavy atom. The number of carboxylic acid groups (broad SMARTS) is 1. The monoisotopic (exact) mass is 489 g/mol. The summed E-state index contributed by atoms with van der Waals surface area (Å²) in [7, 11) is 0. The number of aromatic nitrogens is 1. The predicted molar refractivity (Wildman–Crippen MR) is 132 cm³/mol. The Morgan fingerprint density at radius 1 is 1.21 bits per heavy atom. The lowest BCUT2D eigenvalue weighted by Crippen LogP contribution is -2.61. The van der Waals surface area contributed by atoms with Gasteiger partial charge in [-0.15, -0.1) is 0 Å². The second kappa shape index (κ2) is 11.2. The molecule has 2 aromatic rings. The number of hydrogen-bond donors (Lipinski definition) is 4. The SMILES string of the molecule is CC(C)CC(S)C(=O)NC1(C(=O)NC(Cc2ccc(-c3ccsc3)nc2)C(=O)O)CCCC1. The molecule has 2 aromatic heterocycles. The fourth-order valence-electron chi connectivity index (χ4n) is 4.12. The Bertz CT molecular complexity index is 955. The van der Waals surface area contributed by atoms with Crippen molar-refractivity contribution in [3.05, 3.63) is 40.7 Å². The zero-order chi connectivity index (χ0) is 24.0. The summed E-state index contributed by atoms with van der Waals surface area (Å²) in [5.41, 5.74) is 1.43. The van der Waals surface area contributed by atoms with Crippen molar-refractivity contribution >= 4 is 41.7 Å². The molecule has 1 aliphatic rings. The summed E-state index contributed by atoms with van der Waals surface area (Å²) in [5.74, 6) is -1.57. The highest BCUT2D eigenvalue weighted by Crippen LogP contribution is 2.31. The van der Waals surface area contributed by atoms with Gasteiger partial charge in [0.25, 0.3) is 0 Å². The van der Waals surface area contributed by atoms with E-state index in [2.05, 4.69) is 28.2 Å². The lowest BCUT2D eigenvalue weighted by atomic mass is 9.94. The topological polar surface area (TPSA) is 108 Å². The van der Waals surface area contributed by atoms with Gasteiger partial charge >= 0.3 is 5.97 Å². The van der Waals surface area contributed by atoms with Crippen LogP contribution >= 0.6 is 24.0 Å². The molecule has 0 aromatic carbocycles. The van der Waals surface area contributed by atoms with Crippen LogP contribution in [0.2, 0.25) is 0 Å². The molecule has 0 radical (unpaired) electrons. The maximum atomic E-state index is 13.2. The molecule has 1 fully saturated rings. The van der Waals surface area contributed by atoms with Crippen LogP contribution in [0.25, 0.3) is 11.3 Å². The van der Waals surface area contributed by atoms with E-state index >= 15 is 0 Å². The molecule has 178 valence electrons. The fraction of sp³-hybridized carbons (Fsp3) is 0.500. The lowest BCUT2D eigenvalue weighted by Gasteiger charge is -2.31. The summed E-state index contributed by atoms with van der Waals surface area (Å²) in [6.07, 6.45) is 4.89. The van der Waals surface area contributed by atoms with Gasteiger partial charge in [0.2, 0.25) is 11.8 Å². The summed E-state index contributed by atoms with van der Waals surface area (Å²) in [4.78, 5) is 42.3. The molecular formula is C24H31N3O4S2. The maximum Gasteiger partial charge on any atom is 0.326 e. The minimum Gasteiger partial charge on any atom is -0.480 e. The van der Waals surface area contributed by atoms with Crippen LogP contribution in [0.15, 0.2) is 35.2 Å². The molecule has 1 aliphatic carbocycles. The molecule has 1 saturated carbocycles. The van der Waals surface area contributed by atoms with Crippen molar-refractivity contribution in [2.75, 3.05) is 0 Å². The van der Waals surface area contributed by atoms with E-state index in [-0.39, 0.29) is 12.3 Å². The minimum atomic E-state index is -1.13. The van der Waals surface area contributed by atoms with E-state index in [9.17, 15) is 19.5 Å². The highest BCUT2D eigenvalue weighted by Gasteiger charge is 2.44. The van der Waals surface area contributed by atoms with Crippen molar-refractivity contribution in [1.82, 2.24) is 15.6 Å². The zero-order valence-electron chi connectivity index (χ0n) is 18.9. The zero-order valence-corrected chi connectivity index (χ0v) is 20.6. The number of rotatable bonds is 10. The molecule has 2 heterocycles. The van der Waals surface area contributed by atoms with Gasteiger partial charge in [0.05, 0.1) is 10.9 Å². The van der Waals surface area contributed by atoms with E-state index in [0.29, 0.717) is 30.7 Å². The molecule has 2 unspecified atom stereocenters. The maximum absolute atomic E-state index is 13.2. The number of carboxylic acids is 1. The van der Waals surface area contributed by atoms with Gasteiger partial charge in [-0.05, 0) is 48.3 Å². The molecule has 3 rings (SSSR count). The standard InChI is InChI=1S/C24H31N3O4S2/c1-15(2)11-20(32)21(28)27-24(8-3-4-9-24)23(31)26-19(22(29)30)12-16-5-6-18(25-13-16)17-7-10-33-14-17/h5-7,10,13-15,19-20,32H,3-4,8-9,11-12H2,1-2H3,(H,26,31)(H,27,28)(H,29,30). The molecule has 2 atom stereocenters. The van der Waals surface area contributed by atoms with Crippen molar-refractivity contribution in [1.29, 1.82) is 0 Å². The van der Waals surface area contributed by atoms with Gasteiger partial charge < -0.3 is 15.7 Å². The summed E-state index contributed by atoms with van der Waals surface area (Å²) >= 11 is 5.98. The molecule has 9 heteroatoms. The Hall–Kier alpha value is -2.39. The van der Waals surface area contributed by atoms with Crippen LogP contribution < -0.4 is 10.6 Å². The quantitative estimate of drug-likeness (QED) is 0.381. The minimum absolute atomic E-state index is 0.102. The van der Waals surface area contributed by atoms with Crippen molar-refractivity contribution in [3.63, 3.8) is 0 Å². The normalized spacial score (nSPS) is 16.8. The number of nitrogens with zero attached hydrogens (tertiary/aromatic N) is 1. The third kappa shape index (κ3) is 6.57. The number of amides is 2. The van der Waals surface area contributed by atoms with E-state index in [1.54, 1.807) is 17.5 Å². The highest BCUT2D eigenvalue weighted by molar-refractivity contribution is 7.81. The van der Waals surface area contributed by atoms with Gasteiger partial charge in [0, 0.05) is 23.6 Å². The average molecular weight is 490 g/mol. The summed E-state index contributed by atoms with van der Waals surface area (Å²) in [5, 5.41) is 18.8. The Kier molecular flexibility index (Phi) is 8.53. The van der Waals surface area contributed by atoms with E-state index in [1.165, 1.54) is 0 Å².